The fraction of sp³-hybridized carbons (Fsp3) is 0.100. The second kappa shape index (κ2) is 7.21. The first-order chi connectivity index (χ1) is 14.2. The van der Waals surface area contributed by atoms with Gasteiger partial charge < -0.3 is 5.32 Å². The van der Waals surface area contributed by atoms with Gasteiger partial charge in [0.1, 0.15) is 5.82 Å². The Kier molecular flexibility index (Phi) is 4.69. The van der Waals surface area contributed by atoms with E-state index in [0.29, 0.717) is 10.2 Å². The Labute approximate surface area is 167 Å². The molecule has 0 bridgehead atoms. The van der Waals surface area contributed by atoms with Crippen LogP contribution in [-0.4, -0.2) is 25.5 Å². The topological polar surface area (TPSA) is 72.2 Å². The Morgan fingerprint density at radius 1 is 1.00 bits per heavy atom. The maximum Gasteiger partial charge on any atom is 0.433 e. The van der Waals surface area contributed by atoms with Crippen molar-refractivity contribution in [2.45, 2.75) is 13.1 Å². The average Bonchev–Trinajstić information content (AvgIpc) is 3.13. The van der Waals surface area contributed by atoms with Gasteiger partial charge in [0.15, 0.2) is 5.69 Å². The standard InChI is InChI=1S/C20H13F4N5O/c1-11-2-8-14(9-3-11)25-18(30)17-27-19-26-15(12-4-6-13(21)7-5-12)10-16(20(22,23)24)29(19)28-17/h2-10H,1H3,(H,25,30). The zero-order valence-corrected chi connectivity index (χ0v) is 15.4. The van der Waals surface area contributed by atoms with Gasteiger partial charge in [-0.15, -0.1) is 5.10 Å². The van der Waals surface area contributed by atoms with Crippen molar-refractivity contribution < 1.29 is 22.4 Å². The minimum absolute atomic E-state index is 0.0762. The van der Waals surface area contributed by atoms with Gasteiger partial charge in [-0.25, -0.2) is 9.37 Å². The largest absolute Gasteiger partial charge is 0.433 e. The summed E-state index contributed by atoms with van der Waals surface area (Å²) in [5.41, 5.74) is 0.450. The van der Waals surface area contributed by atoms with Crippen molar-refractivity contribution in [1.82, 2.24) is 19.6 Å². The first-order valence-electron chi connectivity index (χ1n) is 8.70. The normalized spacial score (nSPS) is 11.6. The highest BCUT2D eigenvalue weighted by atomic mass is 19.4. The van der Waals surface area contributed by atoms with E-state index in [1.807, 2.05) is 6.92 Å². The maximum atomic E-state index is 13.6. The van der Waals surface area contributed by atoms with Crippen LogP contribution in [0.1, 0.15) is 21.9 Å². The molecule has 0 atom stereocenters. The van der Waals surface area contributed by atoms with Gasteiger partial charge in [-0.05, 0) is 49.4 Å². The molecule has 10 heteroatoms. The number of nitrogens with zero attached hydrogens (tertiary/aromatic N) is 4. The van der Waals surface area contributed by atoms with Gasteiger partial charge in [0, 0.05) is 11.3 Å². The van der Waals surface area contributed by atoms with Crippen molar-refractivity contribution in [3.8, 4) is 11.3 Å². The summed E-state index contributed by atoms with van der Waals surface area (Å²) >= 11 is 0. The smallest absolute Gasteiger partial charge is 0.319 e. The van der Waals surface area contributed by atoms with Crippen LogP contribution in [0.3, 0.4) is 0 Å². The average molecular weight is 415 g/mol. The minimum atomic E-state index is -4.78. The molecule has 1 N–H and O–H groups in total. The second-order valence-corrected chi connectivity index (χ2v) is 6.50. The van der Waals surface area contributed by atoms with Gasteiger partial charge in [0.2, 0.25) is 5.82 Å². The summed E-state index contributed by atoms with van der Waals surface area (Å²) in [6.45, 7) is 1.87. The third-order valence-corrected chi connectivity index (χ3v) is 4.26. The van der Waals surface area contributed by atoms with E-state index in [1.165, 1.54) is 12.1 Å². The van der Waals surface area contributed by atoms with Crippen molar-refractivity contribution in [2.75, 3.05) is 5.32 Å². The molecule has 0 aliphatic heterocycles. The van der Waals surface area contributed by atoms with Crippen LogP contribution in [0.15, 0.2) is 54.6 Å². The van der Waals surface area contributed by atoms with E-state index in [-0.39, 0.29) is 11.3 Å². The first-order valence-corrected chi connectivity index (χ1v) is 8.70. The number of hydrogen-bond donors (Lipinski definition) is 1. The molecule has 0 radical (unpaired) electrons. The number of carbonyl (C=O) groups is 1. The van der Waals surface area contributed by atoms with Gasteiger partial charge >= 0.3 is 6.18 Å². The Hall–Kier alpha value is -3.82. The van der Waals surface area contributed by atoms with E-state index < -0.39 is 35.2 Å². The van der Waals surface area contributed by atoms with E-state index in [1.54, 1.807) is 24.3 Å². The lowest BCUT2D eigenvalue weighted by Crippen LogP contribution is -2.16. The molecule has 0 aliphatic carbocycles. The van der Waals surface area contributed by atoms with Crippen LogP contribution in [0.5, 0.6) is 0 Å². The lowest BCUT2D eigenvalue weighted by Gasteiger charge is -2.10. The zero-order valence-electron chi connectivity index (χ0n) is 15.4. The molecule has 1 amide bonds. The molecule has 0 fully saturated rings. The fourth-order valence-corrected chi connectivity index (χ4v) is 2.76. The summed E-state index contributed by atoms with van der Waals surface area (Å²) in [4.78, 5) is 20.3. The van der Waals surface area contributed by atoms with Gasteiger partial charge in [-0.2, -0.15) is 22.7 Å². The predicted octanol–water partition coefficient (Wildman–Crippen LogP) is 4.51. The van der Waals surface area contributed by atoms with Crippen LogP contribution in [0.2, 0.25) is 0 Å². The van der Waals surface area contributed by atoms with Crippen molar-refractivity contribution in [1.29, 1.82) is 0 Å². The van der Waals surface area contributed by atoms with E-state index >= 15 is 0 Å². The molecule has 0 spiro atoms. The number of nitrogens with one attached hydrogen (secondary N) is 1. The Bertz CT molecular complexity index is 1230. The SMILES string of the molecule is Cc1ccc(NC(=O)c2nc3nc(-c4ccc(F)cc4)cc(C(F)(F)F)n3n2)cc1. The van der Waals surface area contributed by atoms with Crippen LogP contribution in [0.25, 0.3) is 17.0 Å². The van der Waals surface area contributed by atoms with Gasteiger partial charge in [-0.3, -0.25) is 4.79 Å². The van der Waals surface area contributed by atoms with Gasteiger partial charge in [-0.1, -0.05) is 17.7 Å². The molecule has 0 aliphatic rings. The molecule has 0 saturated heterocycles. The quantitative estimate of drug-likeness (QED) is 0.500. The molecule has 152 valence electrons. The predicted molar refractivity (Wildman–Crippen MR) is 100 cm³/mol. The number of anilines is 1. The number of halogens is 4. The molecular weight excluding hydrogens is 402 g/mol. The first kappa shape index (κ1) is 19.5. The Balaban J connectivity index is 1.77. The van der Waals surface area contributed by atoms with Gasteiger partial charge in [0.05, 0.1) is 5.69 Å². The molecule has 30 heavy (non-hydrogen) atoms. The molecule has 2 aromatic heterocycles. The van der Waals surface area contributed by atoms with Crippen LogP contribution in [0.4, 0.5) is 23.2 Å². The summed E-state index contributed by atoms with van der Waals surface area (Å²) in [6, 6.07) is 12.4. The highest BCUT2D eigenvalue weighted by Crippen LogP contribution is 2.32. The highest BCUT2D eigenvalue weighted by Gasteiger charge is 2.36. The number of carbonyl (C=O) groups excluding carboxylic acids is 1. The van der Waals surface area contributed by atoms with Crippen molar-refractivity contribution in [3.05, 3.63) is 77.5 Å². The van der Waals surface area contributed by atoms with Crippen LogP contribution >= 0.6 is 0 Å². The Morgan fingerprint density at radius 2 is 1.67 bits per heavy atom. The van der Waals surface area contributed by atoms with Crippen molar-refractivity contribution >= 4 is 17.4 Å². The van der Waals surface area contributed by atoms with E-state index in [9.17, 15) is 22.4 Å². The van der Waals surface area contributed by atoms with E-state index in [2.05, 4.69) is 20.4 Å². The Morgan fingerprint density at radius 3 is 2.30 bits per heavy atom. The monoisotopic (exact) mass is 415 g/mol. The number of alkyl halides is 3. The fourth-order valence-electron chi connectivity index (χ4n) is 2.76. The molecule has 2 heterocycles. The molecule has 6 nitrogen and oxygen atoms in total. The van der Waals surface area contributed by atoms with Crippen molar-refractivity contribution in [3.63, 3.8) is 0 Å². The van der Waals surface area contributed by atoms with Gasteiger partial charge in [0.25, 0.3) is 11.7 Å². The number of fused-ring (bicyclic) bond motifs is 1. The van der Waals surface area contributed by atoms with E-state index in [0.717, 1.165) is 23.8 Å². The lowest BCUT2D eigenvalue weighted by molar-refractivity contribution is -0.142. The van der Waals surface area contributed by atoms with Crippen LogP contribution in [-0.2, 0) is 6.18 Å². The summed E-state index contributed by atoms with van der Waals surface area (Å²) in [7, 11) is 0. The second-order valence-electron chi connectivity index (χ2n) is 6.50. The molecular formula is C20H13F4N5O. The number of rotatable bonds is 3. The summed E-state index contributed by atoms with van der Waals surface area (Å²) in [5.74, 6) is -2.18. The summed E-state index contributed by atoms with van der Waals surface area (Å²) < 4.78 is 54.4. The summed E-state index contributed by atoms with van der Waals surface area (Å²) in [6.07, 6.45) is -4.78. The number of aromatic nitrogens is 4. The van der Waals surface area contributed by atoms with Crippen molar-refractivity contribution in [2.24, 2.45) is 0 Å². The molecule has 4 aromatic rings. The zero-order chi connectivity index (χ0) is 21.5. The number of benzene rings is 2. The molecule has 4 rings (SSSR count). The number of amides is 1. The number of aryl methyl sites for hydroxylation is 1. The maximum absolute atomic E-state index is 13.6. The molecule has 0 saturated carbocycles. The lowest BCUT2D eigenvalue weighted by atomic mass is 10.1. The summed E-state index contributed by atoms with van der Waals surface area (Å²) in [5, 5.41) is 6.22. The minimum Gasteiger partial charge on any atom is -0.319 e. The third kappa shape index (κ3) is 3.84. The molecule has 2 aromatic carbocycles. The third-order valence-electron chi connectivity index (χ3n) is 4.26. The van der Waals surface area contributed by atoms with Crippen LogP contribution < -0.4 is 5.32 Å². The highest BCUT2D eigenvalue weighted by molar-refractivity contribution is 6.01. The van der Waals surface area contributed by atoms with E-state index in [4.69, 9.17) is 0 Å². The number of hydrogen-bond acceptors (Lipinski definition) is 4. The van der Waals surface area contributed by atoms with Crippen LogP contribution in [0, 0.1) is 12.7 Å². The molecule has 0 unspecified atom stereocenters.